The molecule has 2 aromatic heterocycles. The van der Waals surface area contributed by atoms with E-state index in [4.69, 9.17) is 5.11 Å². The Balaban J connectivity index is 1.60. The molecule has 0 radical (unpaired) electrons. The van der Waals surface area contributed by atoms with Crippen LogP contribution in [0.15, 0.2) is 42.6 Å². The summed E-state index contributed by atoms with van der Waals surface area (Å²) in [6, 6.07) is 10.6. The molecule has 23 heavy (non-hydrogen) atoms. The lowest BCUT2D eigenvalue weighted by molar-refractivity contribution is 0.0690. The van der Waals surface area contributed by atoms with E-state index in [1.165, 1.54) is 18.3 Å². The van der Waals surface area contributed by atoms with Crippen molar-refractivity contribution in [3.8, 4) is 0 Å². The van der Waals surface area contributed by atoms with Crippen molar-refractivity contribution in [1.82, 2.24) is 15.3 Å². The zero-order valence-corrected chi connectivity index (χ0v) is 12.8. The van der Waals surface area contributed by atoms with Gasteiger partial charge in [0.25, 0.3) is 5.91 Å². The molecule has 0 aliphatic heterocycles. The van der Waals surface area contributed by atoms with Crippen molar-refractivity contribution in [3.63, 3.8) is 0 Å². The maximum atomic E-state index is 12.0. The van der Waals surface area contributed by atoms with Crippen LogP contribution < -0.4 is 5.32 Å². The fraction of sp³-hybridized carbons (Fsp3) is 0.125. The van der Waals surface area contributed by atoms with E-state index in [1.54, 1.807) is 11.3 Å². The number of pyridine rings is 1. The van der Waals surface area contributed by atoms with Gasteiger partial charge < -0.3 is 10.4 Å². The lowest BCUT2D eigenvalue weighted by Gasteiger charge is -2.04. The predicted octanol–water partition coefficient (Wildman–Crippen LogP) is 2.36. The Morgan fingerprint density at radius 1 is 1.22 bits per heavy atom. The van der Waals surface area contributed by atoms with Gasteiger partial charge in [0.1, 0.15) is 5.69 Å². The number of nitrogens with zero attached hydrogens (tertiary/aromatic N) is 2. The Labute approximate surface area is 135 Å². The van der Waals surface area contributed by atoms with E-state index < -0.39 is 5.97 Å². The van der Waals surface area contributed by atoms with Crippen LogP contribution in [-0.2, 0) is 6.42 Å². The summed E-state index contributed by atoms with van der Waals surface area (Å²) in [5, 5.41) is 12.6. The van der Waals surface area contributed by atoms with Crippen LogP contribution in [0.5, 0.6) is 0 Å². The Bertz CT molecular complexity index is 843. The number of aromatic nitrogens is 2. The first-order valence-electron chi connectivity index (χ1n) is 6.95. The van der Waals surface area contributed by atoms with Gasteiger partial charge in [-0.25, -0.2) is 14.8 Å². The van der Waals surface area contributed by atoms with Crippen molar-refractivity contribution in [2.75, 3.05) is 6.54 Å². The average Bonchev–Trinajstić information content (AvgIpc) is 2.97. The van der Waals surface area contributed by atoms with E-state index in [2.05, 4.69) is 15.3 Å². The molecule has 0 bridgehead atoms. The van der Waals surface area contributed by atoms with Crippen LogP contribution in [0, 0.1) is 0 Å². The molecule has 1 amide bonds. The van der Waals surface area contributed by atoms with E-state index in [-0.39, 0.29) is 17.2 Å². The molecular formula is C16H13N3O3S. The number of benzene rings is 1. The number of aromatic carboxylic acids is 1. The second-order valence-electron chi connectivity index (χ2n) is 4.82. The number of para-hydroxylation sites is 1. The summed E-state index contributed by atoms with van der Waals surface area (Å²) >= 11 is 1.60. The van der Waals surface area contributed by atoms with Gasteiger partial charge in [-0.1, -0.05) is 12.1 Å². The van der Waals surface area contributed by atoms with E-state index >= 15 is 0 Å². The third-order valence-corrected chi connectivity index (χ3v) is 4.30. The second kappa shape index (κ2) is 6.53. The third-order valence-electron chi connectivity index (χ3n) is 3.20. The Hall–Kier alpha value is -2.80. The van der Waals surface area contributed by atoms with Crippen molar-refractivity contribution in [2.45, 2.75) is 6.42 Å². The van der Waals surface area contributed by atoms with Crippen molar-refractivity contribution in [2.24, 2.45) is 0 Å². The molecule has 2 N–H and O–H groups in total. The van der Waals surface area contributed by atoms with Crippen LogP contribution in [0.2, 0.25) is 0 Å². The van der Waals surface area contributed by atoms with Gasteiger partial charge in [-0.05, 0) is 24.3 Å². The summed E-state index contributed by atoms with van der Waals surface area (Å²) < 4.78 is 1.12. The first-order valence-corrected chi connectivity index (χ1v) is 7.77. The van der Waals surface area contributed by atoms with Crippen molar-refractivity contribution < 1.29 is 14.7 Å². The molecule has 0 fully saturated rings. The van der Waals surface area contributed by atoms with Crippen LogP contribution >= 0.6 is 11.3 Å². The molecule has 0 saturated carbocycles. The van der Waals surface area contributed by atoms with Gasteiger partial charge in [0.15, 0.2) is 0 Å². The molecule has 0 unspecified atom stereocenters. The molecular weight excluding hydrogens is 314 g/mol. The molecule has 0 spiro atoms. The zero-order chi connectivity index (χ0) is 16.2. The molecule has 0 aliphatic carbocycles. The molecule has 6 nitrogen and oxygen atoms in total. The smallest absolute Gasteiger partial charge is 0.354 e. The topological polar surface area (TPSA) is 92.2 Å². The fourth-order valence-corrected chi connectivity index (χ4v) is 3.07. The van der Waals surface area contributed by atoms with Crippen LogP contribution in [-0.4, -0.2) is 33.5 Å². The lowest BCUT2D eigenvalue weighted by Crippen LogP contribution is -2.26. The maximum absolute atomic E-state index is 12.0. The van der Waals surface area contributed by atoms with Crippen LogP contribution in [0.3, 0.4) is 0 Å². The highest BCUT2D eigenvalue weighted by Gasteiger charge is 2.10. The second-order valence-corrected chi connectivity index (χ2v) is 5.93. The van der Waals surface area contributed by atoms with Crippen LogP contribution in [0.4, 0.5) is 0 Å². The summed E-state index contributed by atoms with van der Waals surface area (Å²) in [4.78, 5) is 31.1. The number of carbonyl (C=O) groups is 2. The number of carboxylic acid groups (broad SMARTS) is 1. The highest BCUT2D eigenvalue weighted by molar-refractivity contribution is 7.18. The number of carbonyl (C=O) groups excluding carboxylic acids is 1. The van der Waals surface area contributed by atoms with E-state index in [0.29, 0.717) is 13.0 Å². The number of thiazole rings is 1. The Kier molecular flexibility index (Phi) is 4.29. The normalized spacial score (nSPS) is 10.6. The van der Waals surface area contributed by atoms with Gasteiger partial charge in [-0.3, -0.25) is 4.79 Å². The molecule has 3 aromatic rings. The SMILES string of the molecule is O=C(NCCc1nc2ccccc2s1)c1ccnc(C(=O)O)c1. The molecule has 3 rings (SSSR count). The highest BCUT2D eigenvalue weighted by atomic mass is 32.1. The van der Waals surface area contributed by atoms with Crippen molar-refractivity contribution in [1.29, 1.82) is 0 Å². The molecule has 1 aromatic carbocycles. The molecule has 7 heteroatoms. The van der Waals surface area contributed by atoms with Gasteiger partial charge in [-0.2, -0.15) is 0 Å². The number of amides is 1. The van der Waals surface area contributed by atoms with Gasteiger partial charge in [0.05, 0.1) is 15.2 Å². The first kappa shape index (κ1) is 15.1. The number of hydrogen-bond donors (Lipinski definition) is 2. The average molecular weight is 327 g/mol. The minimum atomic E-state index is -1.16. The van der Waals surface area contributed by atoms with E-state index in [9.17, 15) is 9.59 Å². The molecule has 116 valence electrons. The third kappa shape index (κ3) is 3.51. The van der Waals surface area contributed by atoms with Crippen molar-refractivity contribution in [3.05, 3.63) is 58.9 Å². The number of rotatable bonds is 5. The minimum absolute atomic E-state index is 0.149. The fourth-order valence-electron chi connectivity index (χ4n) is 2.10. The number of fused-ring (bicyclic) bond motifs is 1. The minimum Gasteiger partial charge on any atom is -0.477 e. The van der Waals surface area contributed by atoms with E-state index in [0.717, 1.165) is 15.2 Å². The Morgan fingerprint density at radius 2 is 2.04 bits per heavy atom. The number of hydrogen-bond acceptors (Lipinski definition) is 5. The number of carboxylic acids is 1. The summed E-state index contributed by atoms with van der Waals surface area (Å²) in [6.07, 6.45) is 1.94. The Morgan fingerprint density at radius 3 is 2.83 bits per heavy atom. The van der Waals surface area contributed by atoms with Crippen molar-refractivity contribution >= 4 is 33.4 Å². The number of nitrogens with one attached hydrogen (secondary N) is 1. The maximum Gasteiger partial charge on any atom is 0.354 e. The van der Waals surface area contributed by atoms with E-state index in [1.807, 2.05) is 24.3 Å². The monoisotopic (exact) mass is 327 g/mol. The van der Waals surface area contributed by atoms with Crippen LogP contribution in [0.25, 0.3) is 10.2 Å². The largest absolute Gasteiger partial charge is 0.477 e. The molecule has 0 saturated heterocycles. The van der Waals surface area contributed by atoms with Gasteiger partial charge >= 0.3 is 5.97 Å². The molecule has 0 aliphatic rings. The summed E-state index contributed by atoms with van der Waals surface area (Å²) in [5.41, 5.74) is 1.09. The quantitative estimate of drug-likeness (QED) is 0.750. The standard InChI is InChI=1S/C16H13N3O3S/c20-15(10-5-7-17-12(9-10)16(21)22)18-8-6-14-19-11-3-1-2-4-13(11)23-14/h1-5,7,9H,6,8H2,(H,18,20)(H,21,22). The zero-order valence-electron chi connectivity index (χ0n) is 12.0. The summed E-state index contributed by atoms with van der Waals surface area (Å²) in [6.45, 7) is 0.434. The predicted molar refractivity (Wildman–Crippen MR) is 86.9 cm³/mol. The van der Waals surface area contributed by atoms with Crippen LogP contribution in [0.1, 0.15) is 25.9 Å². The molecule has 0 atom stereocenters. The first-order chi connectivity index (χ1) is 11.1. The summed E-state index contributed by atoms with van der Waals surface area (Å²) in [5.74, 6) is -1.48. The lowest BCUT2D eigenvalue weighted by atomic mass is 10.2. The molecule has 2 heterocycles. The van der Waals surface area contributed by atoms with Gasteiger partial charge in [-0.15, -0.1) is 11.3 Å². The highest BCUT2D eigenvalue weighted by Crippen LogP contribution is 2.21. The van der Waals surface area contributed by atoms with Gasteiger partial charge in [0.2, 0.25) is 0 Å². The summed E-state index contributed by atoms with van der Waals surface area (Å²) in [7, 11) is 0. The van der Waals surface area contributed by atoms with Gasteiger partial charge in [0, 0.05) is 24.7 Å².